The molecule has 2 unspecified atom stereocenters. The smallest absolute Gasteiger partial charge is 0.254 e. The number of nitrogens with zero attached hydrogens (tertiary/aromatic N) is 10. The van der Waals surface area contributed by atoms with Crippen molar-refractivity contribution in [3.63, 3.8) is 0 Å². The van der Waals surface area contributed by atoms with Crippen molar-refractivity contribution in [2.75, 3.05) is 37.6 Å². The largest absolute Gasteiger partial charge is 0.382 e. The number of nitrogens with one attached hydrogen (secondary N) is 2. The SMILES string of the molecule is Cc1ncc(-c2cc(C)c3c(N)ncnn23)cc1C(=O)NC1CN(C(=O)c2ccc(F)cc2)C[C@@H]1F.Cc1ncc(-c2cc(C)c3c(N)ncnn23)cc1C(=O)NC1CN(C(=O)c2ccc(F)cc2)C[C@H]1F. The van der Waals surface area contributed by atoms with Gasteiger partial charge in [-0.25, -0.2) is 36.6 Å². The van der Waals surface area contributed by atoms with E-state index in [1.807, 2.05) is 26.0 Å². The summed E-state index contributed by atoms with van der Waals surface area (Å²) in [6.07, 6.45) is 3.05. The van der Waals surface area contributed by atoms with Crippen molar-refractivity contribution >= 4 is 46.3 Å². The fourth-order valence-corrected chi connectivity index (χ4v) is 8.90. The molecule has 4 atom stereocenters. The van der Waals surface area contributed by atoms with E-state index in [0.717, 1.165) is 11.1 Å². The summed E-state index contributed by atoms with van der Waals surface area (Å²) in [5.74, 6) is -2.12. The molecule has 0 radical (unpaired) electrons. The van der Waals surface area contributed by atoms with Crippen molar-refractivity contribution in [3.8, 4) is 22.5 Å². The van der Waals surface area contributed by atoms with Gasteiger partial charge in [0.05, 0.1) is 59.1 Å². The van der Waals surface area contributed by atoms with Crippen LogP contribution in [0.4, 0.5) is 29.2 Å². The number of amides is 4. The molecule has 6 aromatic heterocycles. The van der Waals surface area contributed by atoms with Crippen LogP contribution >= 0.6 is 0 Å². The fourth-order valence-electron chi connectivity index (χ4n) is 8.90. The maximum absolute atomic E-state index is 14.8. The van der Waals surface area contributed by atoms with Crippen LogP contribution < -0.4 is 22.1 Å². The van der Waals surface area contributed by atoms with E-state index in [1.165, 1.54) is 71.0 Å². The lowest BCUT2D eigenvalue weighted by Crippen LogP contribution is -2.42. The van der Waals surface area contributed by atoms with Gasteiger partial charge in [0.2, 0.25) is 0 Å². The first kappa shape index (κ1) is 48.2. The third-order valence-electron chi connectivity index (χ3n) is 12.7. The van der Waals surface area contributed by atoms with Crippen molar-refractivity contribution in [2.45, 2.75) is 52.1 Å². The molecule has 22 heteroatoms. The van der Waals surface area contributed by atoms with Gasteiger partial charge >= 0.3 is 0 Å². The molecule has 0 aliphatic carbocycles. The Morgan fingerprint density at radius 3 is 1.31 bits per heavy atom. The Morgan fingerprint density at radius 1 is 0.556 bits per heavy atom. The highest BCUT2D eigenvalue weighted by atomic mass is 19.1. The van der Waals surface area contributed by atoms with Gasteiger partial charge in [-0.05, 0) is 112 Å². The summed E-state index contributed by atoms with van der Waals surface area (Å²) in [5.41, 5.74) is 19.7. The number of aryl methyl sites for hydroxylation is 4. The van der Waals surface area contributed by atoms with E-state index < -0.39 is 59.7 Å². The zero-order chi connectivity index (χ0) is 51.1. The molecule has 368 valence electrons. The van der Waals surface area contributed by atoms with Crippen molar-refractivity contribution in [2.24, 2.45) is 0 Å². The number of pyridine rings is 2. The van der Waals surface area contributed by atoms with Crippen LogP contribution in [0.25, 0.3) is 33.5 Å². The van der Waals surface area contributed by atoms with Gasteiger partial charge in [0.15, 0.2) is 11.6 Å². The zero-order valence-electron chi connectivity index (χ0n) is 39.1. The van der Waals surface area contributed by atoms with E-state index in [9.17, 15) is 36.7 Å². The highest BCUT2D eigenvalue weighted by Gasteiger charge is 2.38. The van der Waals surface area contributed by atoms with E-state index >= 15 is 0 Å². The van der Waals surface area contributed by atoms with Gasteiger partial charge in [0.1, 0.15) is 47.7 Å². The molecule has 0 bridgehead atoms. The minimum atomic E-state index is -1.45. The number of anilines is 2. The zero-order valence-corrected chi connectivity index (χ0v) is 39.1. The maximum atomic E-state index is 14.8. The van der Waals surface area contributed by atoms with Crippen LogP contribution in [0.2, 0.25) is 0 Å². The van der Waals surface area contributed by atoms with Crippen LogP contribution in [-0.4, -0.2) is 123 Å². The monoisotopic (exact) mass is 982 g/mol. The molecule has 2 fully saturated rings. The Morgan fingerprint density at radius 2 is 0.931 bits per heavy atom. The number of benzene rings is 2. The molecule has 18 nitrogen and oxygen atoms in total. The molecular formula is C50H46F4N14O4. The standard InChI is InChI=1S/2C25H23F2N7O2/c2*1-13-7-21(34-22(13)23(28)30-12-31-34)16-8-18(14(2)29-9-16)24(35)32-20-11-33(10-19(20)27)25(36)15-3-5-17(26)6-4-15/h2*3-9,12,19-20H,10-11H2,1-2H3,(H,32,35)(H2,28,30,31)/t2*19-,20?/m10/s1. The fraction of sp³-hybridized carbons (Fsp3) is 0.240. The number of aromatic nitrogens is 8. The number of rotatable bonds is 8. The first-order valence-corrected chi connectivity index (χ1v) is 22.6. The Kier molecular flexibility index (Phi) is 13.1. The van der Waals surface area contributed by atoms with Crippen LogP contribution in [0, 0.1) is 39.3 Å². The van der Waals surface area contributed by atoms with Gasteiger partial charge in [0, 0.05) is 47.7 Å². The number of likely N-dealkylation sites (tertiary alicyclic amines) is 2. The molecule has 8 heterocycles. The number of nitrogens with two attached hydrogens (primary N) is 2. The maximum Gasteiger partial charge on any atom is 0.254 e. The molecule has 2 aliphatic heterocycles. The Balaban J connectivity index is 0.000000178. The Bertz CT molecular complexity index is 3200. The molecule has 2 aliphatic rings. The first-order chi connectivity index (χ1) is 34.4. The molecule has 10 rings (SSSR count). The summed E-state index contributed by atoms with van der Waals surface area (Å²) in [6.45, 7) is 6.78. The van der Waals surface area contributed by atoms with E-state index in [0.29, 0.717) is 56.6 Å². The third kappa shape index (κ3) is 9.44. The van der Waals surface area contributed by atoms with Crippen LogP contribution in [0.5, 0.6) is 0 Å². The molecule has 2 saturated heterocycles. The Labute approximate surface area is 408 Å². The van der Waals surface area contributed by atoms with Crippen LogP contribution in [0.15, 0.2) is 97.8 Å². The third-order valence-corrected chi connectivity index (χ3v) is 12.7. The molecule has 2 aromatic carbocycles. The first-order valence-electron chi connectivity index (χ1n) is 22.6. The lowest BCUT2D eigenvalue weighted by Gasteiger charge is -2.17. The van der Waals surface area contributed by atoms with Crippen molar-refractivity contribution < 1.29 is 36.7 Å². The summed E-state index contributed by atoms with van der Waals surface area (Å²) >= 11 is 0. The van der Waals surface area contributed by atoms with Crippen LogP contribution in [0.1, 0.15) is 63.9 Å². The molecule has 72 heavy (non-hydrogen) atoms. The quantitative estimate of drug-likeness (QED) is 0.139. The highest BCUT2D eigenvalue weighted by molar-refractivity contribution is 5.99. The second kappa shape index (κ2) is 19.5. The Hall–Kier alpha value is -8.82. The van der Waals surface area contributed by atoms with Gasteiger partial charge in [-0.2, -0.15) is 10.2 Å². The van der Waals surface area contributed by atoms with E-state index in [-0.39, 0.29) is 48.4 Å². The number of fused-ring (bicyclic) bond motifs is 2. The number of carbonyl (C=O) groups excluding carboxylic acids is 4. The molecule has 6 N–H and O–H groups in total. The van der Waals surface area contributed by atoms with E-state index in [2.05, 4.69) is 40.8 Å². The normalized spacial score (nSPS) is 17.5. The average molecular weight is 983 g/mol. The molecule has 4 amide bonds. The number of alkyl halides is 2. The minimum absolute atomic E-state index is 0.00594. The number of hydrogen-bond donors (Lipinski definition) is 4. The average Bonchev–Trinajstić information content (AvgIpc) is 4.12. The predicted molar refractivity (Wildman–Crippen MR) is 257 cm³/mol. The molecule has 0 spiro atoms. The molecule has 0 saturated carbocycles. The van der Waals surface area contributed by atoms with Gasteiger partial charge in [-0.3, -0.25) is 29.1 Å². The van der Waals surface area contributed by atoms with E-state index in [4.69, 9.17) is 11.5 Å². The van der Waals surface area contributed by atoms with Crippen LogP contribution in [0.3, 0.4) is 0 Å². The predicted octanol–water partition coefficient (Wildman–Crippen LogP) is 5.44. The summed E-state index contributed by atoms with van der Waals surface area (Å²) in [4.78, 5) is 71.1. The lowest BCUT2D eigenvalue weighted by atomic mass is 10.1. The highest BCUT2D eigenvalue weighted by Crippen LogP contribution is 2.30. The number of carbonyl (C=O) groups is 4. The van der Waals surface area contributed by atoms with Crippen molar-refractivity contribution in [3.05, 3.63) is 154 Å². The number of halogens is 4. The van der Waals surface area contributed by atoms with Gasteiger partial charge in [-0.15, -0.1) is 0 Å². The second-order valence-corrected chi connectivity index (χ2v) is 17.6. The van der Waals surface area contributed by atoms with Crippen molar-refractivity contribution in [1.82, 2.24) is 59.6 Å². The van der Waals surface area contributed by atoms with Crippen LogP contribution in [-0.2, 0) is 0 Å². The van der Waals surface area contributed by atoms with E-state index in [1.54, 1.807) is 47.4 Å². The topological polar surface area (TPSA) is 237 Å². The number of hydrogen-bond acceptors (Lipinski definition) is 12. The minimum Gasteiger partial charge on any atom is -0.382 e. The summed E-state index contributed by atoms with van der Waals surface area (Å²) in [7, 11) is 0. The summed E-state index contributed by atoms with van der Waals surface area (Å²) in [6, 6.07) is 15.4. The van der Waals surface area contributed by atoms with Gasteiger partial charge < -0.3 is 31.9 Å². The molecular weight excluding hydrogens is 937 g/mol. The summed E-state index contributed by atoms with van der Waals surface area (Å²) < 4.78 is 59.2. The second-order valence-electron chi connectivity index (χ2n) is 17.6. The number of nitrogen functional groups attached to an aromatic ring is 2. The van der Waals surface area contributed by atoms with Gasteiger partial charge in [0.25, 0.3) is 23.6 Å². The molecule has 8 aromatic rings. The lowest BCUT2D eigenvalue weighted by molar-refractivity contribution is 0.0773. The summed E-state index contributed by atoms with van der Waals surface area (Å²) in [5, 5.41) is 13.9. The van der Waals surface area contributed by atoms with Crippen molar-refractivity contribution in [1.29, 1.82) is 0 Å². The van der Waals surface area contributed by atoms with Gasteiger partial charge in [-0.1, -0.05) is 0 Å².